The molecule has 1 aliphatic rings. The maximum absolute atomic E-state index is 12.7. The molecule has 0 saturated carbocycles. The average molecular weight is 470 g/mol. The first-order valence-electron chi connectivity index (χ1n) is 10.6. The van der Waals surface area contributed by atoms with Crippen LogP contribution in [0.2, 0.25) is 0 Å². The molecule has 0 aromatic heterocycles. The van der Waals surface area contributed by atoms with Gasteiger partial charge in [-0.3, -0.25) is 9.59 Å². The Kier molecular flexibility index (Phi) is 7.84. The monoisotopic (exact) mass is 469 g/mol. The van der Waals surface area contributed by atoms with E-state index in [1.807, 2.05) is 19.9 Å². The second-order valence-corrected chi connectivity index (χ2v) is 10.3. The Morgan fingerprint density at radius 1 is 1.03 bits per heavy atom. The molecule has 2 unspecified atom stereocenters. The first-order chi connectivity index (χ1) is 15.6. The van der Waals surface area contributed by atoms with Crippen molar-refractivity contribution in [3.63, 3.8) is 0 Å². The smallest absolute Gasteiger partial charge is 0.254 e. The summed E-state index contributed by atoms with van der Waals surface area (Å²) in [6.07, 6.45) is -0.0271. The molecule has 0 bridgehead atoms. The van der Waals surface area contributed by atoms with Crippen LogP contribution in [-0.4, -0.2) is 56.2 Å². The van der Waals surface area contributed by atoms with Gasteiger partial charge >= 0.3 is 0 Å². The zero-order valence-electron chi connectivity index (χ0n) is 18.7. The molecule has 174 valence electrons. The topological polar surface area (TPSA) is 117 Å². The third-order valence-corrected chi connectivity index (χ3v) is 6.69. The number of benzene rings is 2. The summed E-state index contributed by atoms with van der Waals surface area (Å²) in [5.41, 5.74) is 2.27. The van der Waals surface area contributed by atoms with Crippen LogP contribution in [0.4, 0.5) is 0 Å². The van der Waals surface area contributed by atoms with Crippen LogP contribution in [0, 0.1) is 11.3 Å². The van der Waals surface area contributed by atoms with E-state index in [9.17, 15) is 18.0 Å². The number of amides is 2. The van der Waals surface area contributed by atoms with Crippen molar-refractivity contribution in [3.8, 4) is 6.07 Å². The van der Waals surface area contributed by atoms with E-state index in [-0.39, 0.29) is 30.4 Å². The van der Waals surface area contributed by atoms with E-state index in [0.29, 0.717) is 29.8 Å². The fourth-order valence-electron chi connectivity index (χ4n) is 3.72. The first kappa shape index (κ1) is 24.4. The van der Waals surface area contributed by atoms with Crippen LogP contribution < -0.4 is 5.32 Å². The Labute approximate surface area is 194 Å². The van der Waals surface area contributed by atoms with E-state index in [4.69, 9.17) is 10.00 Å². The molecule has 1 N–H and O–H groups in total. The molecule has 33 heavy (non-hydrogen) atoms. The molecule has 2 atom stereocenters. The number of sulfone groups is 1. The van der Waals surface area contributed by atoms with E-state index in [1.165, 1.54) is 0 Å². The summed E-state index contributed by atoms with van der Waals surface area (Å²) in [6, 6.07) is 15.1. The van der Waals surface area contributed by atoms with Gasteiger partial charge in [0.05, 0.1) is 29.6 Å². The van der Waals surface area contributed by atoms with Gasteiger partial charge in [0.25, 0.3) is 5.91 Å². The van der Waals surface area contributed by atoms with Gasteiger partial charge in [0, 0.05) is 25.2 Å². The van der Waals surface area contributed by atoms with Crippen molar-refractivity contribution in [1.29, 1.82) is 5.26 Å². The minimum atomic E-state index is -3.65. The first-order valence-corrected chi connectivity index (χ1v) is 12.5. The number of nitriles is 1. The lowest BCUT2D eigenvalue weighted by atomic mass is 10.1. The molecular formula is C24H27N3O5S. The van der Waals surface area contributed by atoms with Crippen LogP contribution in [0.1, 0.15) is 40.9 Å². The lowest BCUT2D eigenvalue weighted by molar-refractivity contribution is -0.118. The summed E-state index contributed by atoms with van der Waals surface area (Å²) in [4.78, 5) is 26.7. The van der Waals surface area contributed by atoms with Crippen molar-refractivity contribution in [2.45, 2.75) is 38.4 Å². The number of nitrogens with one attached hydrogen (secondary N) is 1. The Bertz CT molecular complexity index is 1130. The standard InChI is InChI=1S/C24H27N3O5S/c1-17-13-27(14-18(2)32-17)24(29)22-9-7-20(8-10-22)12-26-23(28)16-33(30,31)15-21-5-3-19(11-25)4-6-21/h3-10,17-18H,12-16H2,1-2H3,(H,26,28). The highest BCUT2D eigenvalue weighted by Crippen LogP contribution is 2.15. The fraction of sp³-hybridized carbons (Fsp3) is 0.375. The van der Waals surface area contributed by atoms with E-state index < -0.39 is 21.5 Å². The van der Waals surface area contributed by atoms with Crippen LogP contribution in [0.15, 0.2) is 48.5 Å². The molecule has 8 nitrogen and oxygen atoms in total. The molecule has 0 spiro atoms. The highest BCUT2D eigenvalue weighted by atomic mass is 32.2. The minimum Gasteiger partial charge on any atom is -0.372 e. The van der Waals surface area contributed by atoms with Gasteiger partial charge < -0.3 is 15.0 Å². The van der Waals surface area contributed by atoms with Gasteiger partial charge in [-0.1, -0.05) is 24.3 Å². The number of carbonyl (C=O) groups is 2. The summed E-state index contributed by atoms with van der Waals surface area (Å²) in [6.45, 7) is 5.11. The number of carbonyl (C=O) groups excluding carboxylic acids is 2. The highest BCUT2D eigenvalue weighted by molar-refractivity contribution is 7.91. The third kappa shape index (κ3) is 7.14. The molecule has 2 aromatic rings. The van der Waals surface area contributed by atoms with Gasteiger partial charge in [-0.15, -0.1) is 0 Å². The van der Waals surface area contributed by atoms with Gasteiger partial charge in [0.2, 0.25) is 5.91 Å². The van der Waals surface area contributed by atoms with Crippen molar-refractivity contribution in [2.75, 3.05) is 18.8 Å². The molecule has 0 aliphatic carbocycles. The lowest BCUT2D eigenvalue weighted by Crippen LogP contribution is -2.48. The summed E-state index contributed by atoms with van der Waals surface area (Å²) in [5.74, 6) is -1.57. The normalized spacial score (nSPS) is 18.4. The van der Waals surface area contributed by atoms with Gasteiger partial charge in [-0.05, 0) is 49.2 Å². The van der Waals surface area contributed by atoms with E-state index in [1.54, 1.807) is 53.4 Å². The number of morpholine rings is 1. The molecule has 1 aliphatic heterocycles. The molecule has 2 aromatic carbocycles. The Morgan fingerprint density at radius 3 is 2.18 bits per heavy atom. The van der Waals surface area contributed by atoms with E-state index in [0.717, 1.165) is 5.56 Å². The quantitative estimate of drug-likeness (QED) is 0.663. The summed E-state index contributed by atoms with van der Waals surface area (Å²) in [7, 11) is -3.65. The predicted molar refractivity (Wildman–Crippen MR) is 123 cm³/mol. The molecule has 1 saturated heterocycles. The van der Waals surface area contributed by atoms with E-state index >= 15 is 0 Å². The maximum Gasteiger partial charge on any atom is 0.254 e. The van der Waals surface area contributed by atoms with Crippen molar-refractivity contribution in [1.82, 2.24) is 10.2 Å². The van der Waals surface area contributed by atoms with Crippen LogP contribution in [-0.2, 0) is 31.7 Å². The summed E-state index contributed by atoms with van der Waals surface area (Å²) >= 11 is 0. The molecule has 2 amide bonds. The fourth-order valence-corrected chi connectivity index (χ4v) is 5.03. The van der Waals surface area contributed by atoms with Crippen molar-refractivity contribution in [3.05, 3.63) is 70.8 Å². The summed E-state index contributed by atoms with van der Waals surface area (Å²) in [5, 5.41) is 11.4. The van der Waals surface area contributed by atoms with Gasteiger partial charge in [0.15, 0.2) is 9.84 Å². The zero-order valence-corrected chi connectivity index (χ0v) is 19.5. The van der Waals surface area contributed by atoms with E-state index in [2.05, 4.69) is 5.32 Å². The van der Waals surface area contributed by atoms with Gasteiger partial charge in [0.1, 0.15) is 5.75 Å². The second kappa shape index (κ2) is 10.6. The van der Waals surface area contributed by atoms with Crippen molar-refractivity contribution in [2.24, 2.45) is 0 Å². The number of hydrogen-bond acceptors (Lipinski definition) is 6. The predicted octanol–water partition coefficient (Wildman–Crippen LogP) is 2.04. The highest BCUT2D eigenvalue weighted by Gasteiger charge is 2.26. The molecule has 1 heterocycles. The van der Waals surface area contributed by atoms with Gasteiger partial charge in [-0.25, -0.2) is 8.42 Å². The number of rotatable bonds is 7. The molecule has 3 rings (SSSR count). The van der Waals surface area contributed by atoms with Crippen LogP contribution in [0.25, 0.3) is 0 Å². The Balaban J connectivity index is 1.50. The number of hydrogen-bond donors (Lipinski definition) is 1. The molecule has 0 radical (unpaired) electrons. The largest absolute Gasteiger partial charge is 0.372 e. The Hall–Kier alpha value is -3.22. The number of nitrogens with zero attached hydrogens (tertiary/aromatic N) is 2. The minimum absolute atomic E-state index is 0.0135. The van der Waals surface area contributed by atoms with Crippen LogP contribution in [0.3, 0.4) is 0 Å². The zero-order chi connectivity index (χ0) is 24.0. The van der Waals surface area contributed by atoms with Crippen molar-refractivity contribution >= 4 is 21.7 Å². The molecular weight excluding hydrogens is 442 g/mol. The van der Waals surface area contributed by atoms with Crippen LogP contribution in [0.5, 0.6) is 0 Å². The SMILES string of the molecule is CC1CN(C(=O)c2ccc(CNC(=O)CS(=O)(=O)Cc3ccc(C#N)cc3)cc2)CC(C)O1. The van der Waals surface area contributed by atoms with Gasteiger partial charge in [-0.2, -0.15) is 5.26 Å². The summed E-state index contributed by atoms with van der Waals surface area (Å²) < 4.78 is 30.3. The Morgan fingerprint density at radius 2 is 1.61 bits per heavy atom. The average Bonchev–Trinajstić information content (AvgIpc) is 2.77. The van der Waals surface area contributed by atoms with Crippen molar-refractivity contribution < 1.29 is 22.7 Å². The number of ether oxygens (including phenoxy) is 1. The third-order valence-electron chi connectivity index (χ3n) is 5.22. The second-order valence-electron chi connectivity index (χ2n) is 8.28. The maximum atomic E-state index is 12.7. The van der Waals surface area contributed by atoms with Crippen LogP contribution >= 0.6 is 0 Å². The lowest BCUT2D eigenvalue weighted by Gasteiger charge is -2.35. The molecule has 9 heteroatoms. The molecule has 1 fully saturated rings.